The third kappa shape index (κ3) is 2.89. The number of phenols is 1. The number of carbonyl (C=O) groups is 1. The monoisotopic (exact) mass is 278 g/mol. The predicted molar refractivity (Wildman–Crippen MR) is 73.7 cm³/mol. The van der Waals surface area contributed by atoms with E-state index >= 15 is 0 Å². The molecule has 0 saturated carbocycles. The van der Waals surface area contributed by atoms with E-state index in [0.29, 0.717) is 19.0 Å². The quantitative estimate of drug-likeness (QED) is 0.665. The zero-order valence-corrected chi connectivity index (χ0v) is 11.4. The first-order valence-electron chi connectivity index (χ1n) is 6.76. The maximum atomic E-state index is 12.4. The SMILES string of the molecule is CC1CCCN(C(=O)c2cccc([N+](=O)[O-])c2O)CC1. The maximum absolute atomic E-state index is 12.4. The number of amides is 1. The van der Waals surface area contributed by atoms with Gasteiger partial charge < -0.3 is 10.0 Å². The van der Waals surface area contributed by atoms with E-state index in [1.807, 2.05) is 0 Å². The number of nitrogens with zero attached hydrogens (tertiary/aromatic N) is 2. The van der Waals surface area contributed by atoms with Gasteiger partial charge in [0.15, 0.2) is 0 Å². The molecule has 0 aliphatic carbocycles. The predicted octanol–water partition coefficient (Wildman–Crippen LogP) is 2.56. The molecular weight excluding hydrogens is 260 g/mol. The lowest BCUT2D eigenvalue weighted by atomic mass is 10.0. The van der Waals surface area contributed by atoms with Crippen molar-refractivity contribution in [1.29, 1.82) is 0 Å². The van der Waals surface area contributed by atoms with Crippen LogP contribution in [0, 0.1) is 16.0 Å². The van der Waals surface area contributed by atoms with E-state index < -0.39 is 16.4 Å². The second-order valence-corrected chi connectivity index (χ2v) is 5.26. The van der Waals surface area contributed by atoms with Crippen molar-refractivity contribution >= 4 is 11.6 Å². The van der Waals surface area contributed by atoms with Gasteiger partial charge in [-0.25, -0.2) is 0 Å². The number of nitro groups is 1. The van der Waals surface area contributed by atoms with E-state index in [4.69, 9.17) is 0 Å². The Morgan fingerprint density at radius 1 is 1.40 bits per heavy atom. The molecule has 1 heterocycles. The van der Waals surface area contributed by atoms with Crippen LogP contribution in [0.4, 0.5) is 5.69 Å². The molecule has 1 aliphatic rings. The van der Waals surface area contributed by atoms with Crippen molar-refractivity contribution < 1.29 is 14.8 Å². The summed E-state index contributed by atoms with van der Waals surface area (Å²) < 4.78 is 0. The van der Waals surface area contributed by atoms with Crippen LogP contribution in [0.3, 0.4) is 0 Å². The Balaban J connectivity index is 2.25. The second-order valence-electron chi connectivity index (χ2n) is 5.26. The van der Waals surface area contributed by atoms with Crippen LogP contribution in [0.2, 0.25) is 0 Å². The van der Waals surface area contributed by atoms with Crippen LogP contribution in [-0.4, -0.2) is 33.9 Å². The average molecular weight is 278 g/mol. The van der Waals surface area contributed by atoms with E-state index in [9.17, 15) is 20.0 Å². The second kappa shape index (κ2) is 5.90. The van der Waals surface area contributed by atoms with Crippen LogP contribution < -0.4 is 0 Å². The van der Waals surface area contributed by atoms with E-state index in [0.717, 1.165) is 19.3 Å². The molecule has 6 heteroatoms. The fraction of sp³-hybridized carbons (Fsp3) is 0.500. The lowest BCUT2D eigenvalue weighted by Gasteiger charge is -2.20. The van der Waals surface area contributed by atoms with Crippen molar-refractivity contribution in [3.63, 3.8) is 0 Å². The van der Waals surface area contributed by atoms with Crippen LogP contribution in [-0.2, 0) is 0 Å². The summed E-state index contributed by atoms with van der Waals surface area (Å²) in [6.07, 6.45) is 2.91. The minimum absolute atomic E-state index is 0.00810. The summed E-state index contributed by atoms with van der Waals surface area (Å²) in [5, 5.41) is 20.7. The van der Waals surface area contributed by atoms with Crippen LogP contribution >= 0.6 is 0 Å². The Morgan fingerprint density at radius 2 is 2.15 bits per heavy atom. The zero-order chi connectivity index (χ0) is 14.7. The van der Waals surface area contributed by atoms with Gasteiger partial charge in [0.05, 0.1) is 10.5 Å². The molecule has 1 aliphatic heterocycles. The number of hydrogen-bond donors (Lipinski definition) is 1. The minimum atomic E-state index is -0.684. The van der Waals surface area contributed by atoms with E-state index in [1.165, 1.54) is 18.2 Å². The fourth-order valence-electron chi connectivity index (χ4n) is 2.49. The summed E-state index contributed by atoms with van der Waals surface area (Å²) in [6.45, 7) is 3.41. The van der Waals surface area contributed by atoms with Crippen molar-refractivity contribution in [1.82, 2.24) is 4.90 Å². The fourth-order valence-corrected chi connectivity index (χ4v) is 2.49. The molecule has 1 N–H and O–H groups in total. The summed E-state index contributed by atoms with van der Waals surface area (Å²) in [5.74, 6) is -0.299. The van der Waals surface area contributed by atoms with Crippen LogP contribution in [0.5, 0.6) is 5.75 Å². The molecule has 1 unspecified atom stereocenters. The molecule has 0 bridgehead atoms. The van der Waals surface area contributed by atoms with E-state index in [2.05, 4.69) is 6.92 Å². The molecule has 6 nitrogen and oxygen atoms in total. The number of benzene rings is 1. The molecule has 1 saturated heterocycles. The van der Waals surface area contributed by atoms with Gasteiger partial charge in [0.25, 0.3) is 5.91 Å². The Bertz CT molecular complexity index is 530. The molecule has 1 aromatic carbocycles. The number of carbonyl (C=O) groups excluding carboxylic acids is 1. The first-order chi connectivity index (χ1) is 9.50. The van der Waals surface area contributed by atoms with Gasteiger partial charge in [0, 0.05) is 19.2 Å². The molecule has 1 amide bonds. The number of aromatic hydroxyl groups is 1. The molecule has 1 fully saturated rings. The lowest BCUT2D eigenvalue weighted by molar-refractivity contribution is -0.385. The van der Waals surface area contributed by atoms with Gasteiger partial charge >= 0.3 is 5.69 Å². The van der Waals surface area contributed by atoms with Crippen molar-refractivity contribution in [3.8, 4) is 5.75 Å². The summed E-state index contributed by atoms with van der Waals surface area (Å²) >= 11 is 0. The van der Waals surface area contributed by atoms with Gasteiger partial charge in [-0.1, -0.05) is 13.0 Å². The van der Waals surface area contributed by atoms with Crippen molar-refractivity contribution in [2.75, 3.05) is 13.1 Å². The maximum Gasteiger partial charge on any atom is 0.311 e. The molecular formula is C14H18N2O4. The van der Waals surface area contributed by atoms with E-state index in [-0.39, 0.29) is 11.5 Å². The molecule has 0 radical (unpaired) electrons. The van der Waals surface area contributed by atoms with Crippen LogP contribution in [0.25, 0.3) is 0 Å². The number of para-hydroxylation sites is 1. The smallest absolute Gasteiger partial charge is 0.311 e. The molecule has 108 valence electrons. The Labute approximate surface area is 117 Å². The van der Waals surface area contributed by atoms with E-state index in [1.54, 1.807) is 4.90 Å². The number of phenolic OH excluding ortho intramolecular Hbond substituents is 1. The minimum Gasteiger partial charge on any atom is -0.502 e. The Kier molecular flexibility index (Phi) is 4.22. The molecule has 20 heavy (non-hydrogen) atoms. The highest BCUT2D eigenvalue weighted by Crippen LogP contribution is 2.30. The van der Waals surface area contributed by atoms with Crippen LogP contribution in [0.1, 0.15) is 36.5 Å². The van der Waals surface area contributed by atoms with Gasteiger partial charge in [0.2, 0.25) is 5.75 Å². The number of rotatable bonds is 2. The standard InChI is InChI=1S/C14H18N2O4/c1-10-4-3-8-15(9-7-10)14(18)11-5-2-6-12(13(11)17)16(19)20/h2,5-6,10,17H,3-4,7-9H2,1H3. The highest BCUT2D eigenvalue weighted by molar-refractivity contribution is 5.98. The first-order valence-corrected chi connectivity index (χ1v) is 6.76. The Hall–Kier alpha value is -2.11. The van der Waals surface area contributed by atoms with Crippen molar-refractivity contribution in [3.05, 3.63) is 33.9 Å². The molecule has 2 rings (SSSR count). The van der Waals surface area contributed by atoms with Crippen molar-refractivity contribution in [2.24, 2.45) is 5.92 Å². The van der Waals surface area contributed by atoms with Crippen molar-refractivity contribution in [2.45, 2.75) is 26.2 Å². The first kappa shape index (κ1) is 14.3. The number of likely N-dealkylation sites (tertiary alicyclic amines) is 1. The third-order valence-electron chi connectivity index (χ3n) is 3.75. The average Bonchev–Trinajstić information content (AvgIpc) is 2.63. The highest BCUT2D eigenvalue weighted by atomic mass is 16.6. The van der Waals surface area contributed by atoms with Gasteiger partial charge in [-0.15, -0.1) is 0 Å². The van der Waals surface area contributed by atoms with Gasteiger partial charge in [-0.05, 0) is 31.2 Å². The van der Waals surface area contributed by atoms with Gasteiger partial charge in [-0.2, -0.15) is 0 Å². The topological polar surface area (TPSA) is 83.7 Å². The summed E-state index contributed by atoms with van der Waals surface area (Å²) in [5.41, 5.74) is -0.423. The largest absolute Gasteiger partial charge is 0.502 e. The summed E-state index contributed by atoms with van der Waals surface area (Å²) in [7, 11) is 0. The number of hydrogen-bond acceptors (Lipinski definition) is 4. The summed E-state index contributed by atoms with van der Waals surface area (Å²) in [4.78, 5) is 24.2. The molecule has 0 aromatic heterocycles. The van der Waals surface area contributed by atoms with Gasteiger partial charge in [0.1, 0.15) is 0 Å². The Morgan fingerprint density at radius 3 is 2.85 bits per heavy atom. The zero-order valence-electron chi connectivity index (χ0n) is 11.4. The summed E-state index contributed by atoms with van der Waals surface area (Å²) in [6, 6.07) is 4.04. The van der Waals surface area contributed by atoms with Crippen LogP contribution in [0.15, 0.2) is 18.2 Å². The molecule has 1 aromatic rings. The molecule has 0 spiro atoms. The third-order valence-corrected chi connectivity index (χ3v) is 3.75. The molecule has 1 atom stereocenters. The normalized spacial score (nSPS) is 19.4. The number of nitro benzene ring substituents is 1. The highest BCUT2D eigenvalue weighted by Gasteiger charge is 2.25. The lowest BCUT2D eigenvalue weighted by Crippen LogP contribution is -2.32. The van der Waals surface area contributed by atoms with Gasteiger partial charge in [-0.3, -0.25) is 14.9 Å².